The van der Waals surface area contributed by atoms with Crippen LogP contribution in [0.15, 0.2) is 35.7 Å². The van der Waals surface area contributed by atoms with Crippen molar-refractivity contribution in [1.29, 1.82) is 0 Å². The molecule has 0 radical (unpaired) electrons. The maximum Gasteiger partial charge on any atom is 0.264 e. The van der Waals surface area contributed by atoms with E-state index in [0.717, 1.165) is 67.7 Å². The highest BCUT2D eigenvalue weighted by molar-refractivity contribution is 7.12. The molecule has 4 nitrogen and oxygen atoms in total. The van der Waals surface area contributed by atoms with Crippen LogP contribution in [-0.2, 0) is 6.54 Å². The van der Waals surface area contributed by atoms with Gasteiger partial charge in [0.15, 0.2) is 0 Å². The number of halogens is 1. The van der Waals surface area contributed by atoms with Gasteiger partial charge in [-0.15, -0.1) is 11.3 Å². The van der Waals surface area contributed by atoms with E-state index in [1.54, 1.807) is 11.3 Å². The molecule has 1 aromatic carbocycles. The number of benzene rings is 1. The number of hydrogen-bond acceptors (Lipinski definition) is 4. The van der Waals surface area contributed by atoms with Crippen molar-refractivity contribution < 1.29 is 4.79 Å². The van der Waals surface area contributed by atoms with Gasteiger partial charge < -0.3 is 4.90 Å². The highest BCUT2D eigenvalue weighted by Crippen LogP contribution is 2.23. The molecule has 0 N–H and O–H groups in total. The number of thiophene rings is 1. The number of hydrogen-bond donors (Lipinski definition) is 0. The number of aryl methyl sites for hydroxylation is 1. The first kappa shape index (κ1) is 18.9. The van der Waals surface area contributed by atoms with E-state index in [9.17, 15) is 4.79 Å². The summed E-state index contributed by atoms with van der Waals surface area (Å²) in [7, 11) is 0. The van der Waals surface area contributed by atoms with Crippen LogP contribution in [0.1, 0.15) is 27.2 Å². The Hall–Kier alpha value is -1.40. The summed E-state index contributed by atoms with van der Waals surface area (Å²) in [5.41, 5.74) is 2.42. The second-order valence-electron chi connectivity index (χ2n) is 7.56. The molecule has 1 atom stereocenters. The molecule has 2 fully saturated rings. The molecule has 27 heavy (non-hydrogen) atoms. The summed E-state index contributed by atoms with van der Waals surface area (Å²) in [5.74, 6) is 0.214. The Balaban J connectivity index is 1.27. The molecule has 1 aromatic heterocycles. The molecule has 2 aliphatic rings. The Morgan fingerprint density at radius 1 is 1.11 bits per heavy atom. The quantitative estimate of drug-likeness (QED) is 0.778. The Kier molecular flexibility index (Phi) is 5.83. The van der Waals surface area contributed by atoms with Crippen LogP contribution >= 0.6 is 22.9 Å². The molecule has 0 aliphatic carbocycles. The predicted molar refractivity (Wildman–Crippen MR) is 112 cm³/mol. The van der Waals surface area contributed by atoms with Crippen molar-refractivity contribution in [1.82, 2.24) is 14.7 Å². The number of piperazine rings is 1. The molecule has 0 bridgehead atoms. The maximum absolute atomic E-state index is 12.7. The number of nitrogens with zero attached hydrogens (tertiary/aromatic N) is 3. The van der Waals surface area contributed by atoms with E-state index in [-0.39, 0.29) is 5.91 Å². The fourth-order valence-corrected chi connectivity index (χ4v) is 5.11. The number of amides is 1. The minimum atomic E-state index is 0.214. The van der Waals surface area contributed by atoms with Crippen molar-refractivity contribution in [2.45, 2.75) is 25.9 Å². The van der Waals surface area contributed by atoms with Crippen LogP contribution in [0.2, 0.25) is 5.02 Å². The Morgan fingerprint density at radius 2 is 1.85 bits per heavy atom. The van der Waals surface area contributed by atoms with E-state index in [4.69, 9.17) is 11.6 Å². The molecule has 0 spiro atoms. The van der Waals surface area contributed by atoms with Crippen molar-refractivity contribution in [2.24, 2.45) is 0 Å². The first-order valence-corrected chi connectivity index (χ1v) is 10.9. The van der Waals surface area contributed by atoms with Gasteiger partial charge in [0, 0.05) is 56.9 Å². The smallest absolute Gasteiger partial charge is 0.264 e. The minimum absolute atomic E-state index is 0.214. The molecular weight excluding hydrogens is 378 g/mol. The first-order valence-electron chi connectivity index (χ1n) is 9.64. The molecular formula is C21H26ClN3OS. The van der Waals surface area contributed by atoms with Gasteiger partial charge in [-0.3, -0.25) is 14.6 Å². The molecule has 144 valence electrons. The Bertz CT molecular complexity index is 783. The van der Waals surface area contributed by atoms with E-state index < -0.39 is 0 Å². The number of carbonyl (C=O) groups excluding carboxylic acids is 1. The molecule has 2 aromatic rings. The molecule has 0 saturated carbocycles. The summed E-state index contributed by atoms with van der Waals surface area (Å²) in [6.07, 6.45) is 1.09. The third kappa shape index (κ3) is 4.37. The molecule has 6 heteroatoms. The van der Waals surface area contributed by atoms with Crippen LogP contribution in [0.3, 0.4) is 0 Å². The van der Waals surface area contributed by atoms with Crippen molar-refractivity contribution in [3.05, 3.63) is 56.7 Å². The van der Waals surface area contributed by atoms with Crippen molar-refractivity contribution in [3.63, 3.8) is 0 Å². The molecule has 2 aliphatic heterocycles. The van der Waals surface area contributed by atoms with E-state index >= 15 is 0 Å². The number of rotatable bonds is 4. The predicted octanol–water partition coefficient (Wildman–Crippen LogP) is 3.74. The molecule has 2 saturated heterocycles. The van der Waals surface area contributed by atoms with Crippen LogP contribution < -0.4 is 0 Å². The zero-order valence-electron chi connectivity index (χ0n) is 15.7. The normalized spacial score (nSPS) is 21.7. The van der Waals surface area contributed by atoms with Gasteiger partial charge in [-0.2, -0.15) is 0 Å². The van der Waals surface area contributed by atoms with Gasteiger partial charge in [-0.25, -0.2) is 0 Å². The fourth-order valence-electron chi connectivity index (χ4n) is 4.09. The monoisotopic (exact) mass is 403 g/mol. The number of carbonyl (C=O) groups is 1. The zero-order valence-corrected chi connectivity index (χ0v) is 17.3. The standard InChI is InChI=1S/C21H26ClN3OS/c1-16-7-13-27-20(16)21(26)25-8-6-19(15-25)24-11-9-23(10-12-24)14-17-2-4-18(22)5-3-17/h2-5,7,13,19H,6,8-12,14-15H2,1H3. The topological polar surface area (TPSA) is 26.8 Å². The van der Waals surface area contributed by atoms with Crippen LogP contribution in [0.5, 0.6) is 0 Å². The first-order chi connectivity index (χ1) is 13.1. The zero-order chi connectivity index (χ0) is 18.8. The van der Waals surface area contributed by atoms with E-state index in [2.05, 4.69) is 21.9 Å². The lowest BCUT2D eigenvalue weighted by molar-refractivity contribution is 0.0738. The summed E-state index contributed by atoms with van der Waals surface area (Å²) in [6, 6.07) is 10.7. The SMILES string of the molecule is Cc1ccsc1C(=O)N1CCC(N2CCN(Cc3ccc(Cl)cc3)CC2)C1. The van der Waals surface area contributed by atoms with Crippen LogP contribution in [0, 0.1) is 6.92 Å². The van der Waals surface area contributed by atoms with Gasteiger partial charge in [0.2, 0.25) is 0 Å². The minimum Gasteiger partial charge on any atom is -0.336 e. The van der Waals surface area contributed by atoms with Gasteiger partial charge >= 0.3 is 0 Å². The highest BCUT2D eigenvalue weighted by atomic mass is 35.5. The lowest BCUT2D eigenvalue weighted by Gasteiger charge is -2.38. The van der Waals surface area contributed by atoms with Crippen molar-refractivity contribution in [3.8, 4) is 0 Å². The maximum atomic E-state index is 12.7. The van der Waals surface area contributed by atoms with Gasteiger partial charge in [0.25, 0.3) is 5.91 Å². The summed E-state index contributed by atoms with van der Waals surface area (Å²) in [4.78, 5) is 20.8. The van der Waals surface area contributed by atoms with Crippen molar-refractivity contribution in [2.75, 3.05) is 39.3 Å². The fraction of sp³-hybridized carbons (Fsp3) is 0.476. The summed E-state index contributed by atoms with van der Waals surface area (Å²) in [5, 5.41) is 2.80. The lowest BCUT2D eigenvalue weighted by Crippen LogP contribution is -2.50. The summed E-state index contributed by atoms with van der Waals surface area (Å²) < 4.78 is 0. The average Bonchev–Trinajstić information content (AvgIpc) is 3.33. The highest BCUT2D eigenvalue weighted by Gasteiger charge is 2.33. The van der Waals surface area contributed by atoms with E-state index in [1.165, 1.54) is 5.56 Å². The Labute approximate surface area is 170 Å². The molecule has 3 heterocycles. The lowest BCUT2D eigenvalue weighted by atomic mass is 10.1. The van der Waals surface area contributed by atoms with Crippen molar-refractivity contribution >= 4 is 28.8 Å². The molecule has 1 amide bonds. The summed E-state index contributed by atoms with van der Waals surface area (Å²) >= 11 is 7.54. The summed E-state index contributed by atoms with van der Waals surface area (Å²) in [6.45, 7) is 9.08. The van der Waals surface area contributed by atoms with Gasteiger partial charge in [-0.05, 0) is 48.1 Å². The second-order valence-corrected chi connectivity index (χ2v) is 8.92. The third-order valence-corrected chi connectivity index (χ3v) is 7.01. The van der Waals surface area contributed by atoms with E-state index in [0.29, 0.717) is 6.04 Å². The van der Waals surface area contributed by atoms with E-state index in [1.807, 2.05) is 35.4 Å². The third-order valence-electron chi connectivity index (χ3n) is 5.75. The average molecular weight is 404 g/mol. The van der Waals surface area contributed by atoms with Crippen LogP contribution in [0.25, 0.3) is 0 Å². The van der Waals surface area contributed by atoms with Crippen LogP contribution in [-0.4, -0.2) is 65.9 Å². The van der Waals surface area contributed by atoms with Gasteiger partial charge in [-0.1, -0.05) is 23.7 Å². The Morgan fingerprint density at radius 3 is 2.52 bits per heavy atom. The van der Waals surface area contributed by atoms with Gasteiger partial charge in [0.05, 0.1) is 4.88 Å². The molecule has 4 rings (SSSR count). The van der Waals surface area contributed by atoms with Gasteiger partial charge in [0.1, 0.15) is 0 Å². The molecule has 1 unspecified atom stereocenters. The second kappa shape index (κ2) is 8.31. The number of likely N-dealkylation sites (tertiary alicyclic amines) is 1. The van der Waals surface area contributed by atoms with Crippen LogP contribution in [0.4, 0.5) is 0 Å². The largest absolute Gasteiger partial charge is 0.336 e.